The van der Waals surface area contributed by atoms with Crippen molar-refractivity contribution in [1.29, 1.82) is 0 Å². The number of thiophene rings is 1. The van der Waals surface area contributed by atoms with E-state index in [1.807, 2.05) is 24.3 Å². The van der Waals surface area contributed by atoms with Crippen LogP contribution in [0.4, 0.5) is 5.82 Å². The van der Waals surface area contributed by atoms with E-state index < -0.39 is 0 Å². The molecule has 0 aliphatic heterocycles. The van der Waals surface area contributed by atoms with Crippen LogP contribution in [0.2, 0.25) is 10.0 Å². The summed E-state index contributed by atoms with van der Waals surface area (Å²) in [5.74, 6) is 1.48. The van der Waals surface area contributed by atoms with E-state index in [1.165, 1.54) is 23.3 Å². The zero-order valence-electron chi connectivity index (χ0n) is 14.9. The first-order valence-corrected chi connectivity index (χ1v) is 10.8. The van der Waals surface area contributed by atoms with E-state index in [2.05, 4.69) is 15.5 Å². The average molecular weight is 430 g/mol. The van der Waals surface area contributed by atoms with Crippen LogP contribution in [0.25, 0.3) is 21.7 Å². The number of halogens is 2. The first kappa shape index (κ1) is 17.9. The molecule has 0 unspecified atom stereocenters. The standard InChI is InChI=1S/C20H17Cl2N5S/c21-13-6-5-11(9-14(13)22)10-23-19-17-12-3-1-2-4-16(12)28-20(17)26-18(25-19)15-7-8-24-27-15/h5-9H,1-4,10H2,(H,24,27)(H,23,25,26). The Morgan fingerprint density at radius 1 is 1.07 bits per heavy atom. The van der Waals surface area contributed by atoms with Gasteiger partial charge in [0.15, 0.2) is 5.82 Å². The first-order chi connectivity index (χ1) is 13.7. The minimum Gasteiger partial charge on any atom is -0.365 e. The molecule has 0 spiro atoms. The first-order valence-electron chi connectivity index (χ1n) is 9.19. The maximum atomic E-state index is 6.17. The van der Waals surface area contributed by atoms with Crippen LogP contribution in [0, 0.1) is 0 Å². The zero-order valence-corrected chi connectivity index (χ0v) is 17.3. The maximum Gasteiger partial charge on any atom is 0.183 e. The number of hydrogen-bond donors (Lipinski definition) is 2. The molecule has 0 saturated heterocycles. The average Bonchev–Trinajstić information content (AvgIpc) is 3.36. The van der Waals surface area contributed by atoms with E-state index in [-0.39, 0.29) is 0 Å². The van der Waals surface area contributed by atoms with Gasteiger partial charge in [0.25, 0.3) is 0 Å². The zero-order chi connectivity index (χ0) is 19.1. The molecule has 0 bridgehead atoms. The minimum atomic E-state index is 0.555. The molecule has 5 nitrogen and oxygen atoms in total. The molecule has 3 aromatic heterocycles. The van der Waals surface area contributed by atoms with Gasteiger partial charge in [-0.15, -0.1) is 11.3 Å². The lowest BCUT2D eigenvalue weighted by atomic mass is 9.97. The molecule has 142 valence electrons. The third kappa shape index (κ3) is 3.26. The second-order valence-corrected chi connectivity index (χ2v) is 8.75. The van der Waals surface area contributed by atoms with Gasteiger partial charge in [0.1, 0.15) is 16.3 Å². The smallest absolute Gasteiger partial charge is 0.183 e. The molecule has 5 rings (SSSR count). The second kappa shape index (κ2) is 7.35. The molecule has 0 saturated carbocycles. The van der Waals surface area contributed by atoms with Crippen LogP contribution in [-0.4, -0.2) is 20.2 Å². The van der Waals surface area contributed by atoms with Crippen molar-refractivity contribution in [3.63, 3.8) is 0 Å². The van der Waals surface area contributed by atoms with Crippen LogP contribution in [0.3, 0.4) is 0 Å². The molecular weight excluding hydrogens is 413 g/mol. The van der Waals surface area contributed by atoms with Crippen LogP contribution in [-0.2, 0) is 19.4 Å². The predicted octanol–water partition coefficient (Wildman–Crippen LogP) is 5.88. The van der Waals surface area contributed by atoms with E-state index in [1.54, 1.807) is 17.5 Å². The summed E-state index contributed by atoms with van der Waals surface area (Å²) in [6.45, 7) is 0.605. The Labute approximate surface area is 176 Å². The largest absolute Gasteiger partial charge is 0.365 e. The summed E-state index contributed by atoms with van der Waals surface area (Å²) in [7, 11) is 0. The van der Waals surface area contributed by atoms with Gasteiger partial charge in [0.05, 0.1) is 15.4 Å². The topological polar surface area (TPSA) is 66.5 Å². The lowest BCUT2D eigenvalue weighted by molar-refractivity contribution is 0.700. The van der Waals surface area contributed by atoms with Gasteiger partial charge in [-0.25, -0.2) is 9.97 Å². The summed E-state index contributed by atoms with van der Waals surface area (Å²) in [6.07, 6.45) is 6.45. The monoisotopic (exact) mass is 429 g/mol. The number of nitrogens with zero attached hydrogens (tertiary/aromatic N) is 3. The normalized spacial score (nSPS) is 13.6. The highest BCUT2D eigenvalue weighted by molar-refractivity contribution is 7.19. The molecule has 28 heavy (non-hydrogen) atoms. The van der Waals surface area contributed by atoms with E-state index in [0.717, 1.165) is 40.1 Å². The third-order valence-corrected chi connectivity index (χ3v) is 6.91. The number of fused-ring (bicyclic) bond motifs is 3. The number of aromatic nitrogens is 4. The lowest BCUT2D eigenvalue weighted by Gasteiger charge is -2.13. The third-order valence-electron chi connectivity index (χ3n) is 4.99. The van der Waals surface area contributed by atoms with E-state index in [4.69, 9.17) is 33.2 Å². The van der Waals surface area contributed by atoms with E-state index >= 15 is 0 Å². The molecule has 3 heterocycles. The van der Waals surface area contributed by atoms with Crippen molar-refractivity contribution >= 4 is 50.6 Å². The highest BCUT2D eigenvalue weighted by atomic mass is 35.5. The van der Waals surface area contributed by atoms with Gasteiger partial charge < -0.3 is 5.32 Å². The van der Waals surface area contributed by atoms with Crippen LogP contribution in [0.5, 0.6) is 0 Å². The fourth-order valence-corrected chi connectivity index (χ4v) is 5.20. The van der Waals surface area contributed by atoms with Gasteiger partial charge in [-0.3, -0.25) is 5.10 Å². The predicted molar refractivity (Wildman–Crippen MR) is 115 cm³/mol. The number of nitrogens with one attached hydrogen (secondary N) is 2. The van der Waals surface area contributed by atoms with Gasteiger partial charge in [0, 0.05) is 17.6 Å². The van der Waals surface area contributed by atoms with E-state index in [9.17, 15) is 0 Å². The number of hydrogen-bond acceptors (Lipinski definition) is 5. The SMILES string of the molecule is Clc1ccc(CNc2nc(-c3cc[nH]n3)nc3sc4c(c23)CCCC4)cc1Cl. The Morgan fingerprint density at radius 3 is 2.79 bits per heavy atom. The Hall–Kier alpha value is -2.15. The number of H-pyrrole nitrogens is 1. The Morgan fingerprint density at radius 2 is 1.96 bits per heavy atom. The fourth-order valence-electron chi connectivity index (χ4n) is 3.62. The molecule has 1 aliphatic carbocycles. The van der Waals surface area contributed by atoms with Gasteiger partial charge >= 0.3 is 0 Å². The molecular formula is C20H17Cl2N5S. The fraction of sp³-hybridized carbons (Fsp3) is 0.250. The van der Waals surface area contributed by atoms with Gasteiger partial charge in [-0.2, -0.15) is 5.10 Å². The van der Waals surface area contributed by atoms with Crippen molar-refractivity contribution in [3.05, 3.63) is 56.5 Å². The van der Waals surface area contributed by atoms with Crippen LogP contribution in [0.1, 0.15) is 28.8 Å². The molecule has 2 N–H and O–H groups in total. The Kier molecular flexibility index (Phi) is 4.70. The summed E-state index contributed by atoms with van der Waals surface area (Å²) in [5.41, 5.74) is 3.19. The van der Waals surface area contributed by atoms with Gasteiger partial charge in [0.2, 0.25) is 0 Å². The molecule has 0 amide bonds. The number of benzene rings is 1. The summed E-state index contributed by atoms with van der Waals surface area (Å²) >= 11 is 14.0. The van der Waals surface area contributed by atoms with Crippen molar-refractivity contribution < 1.29 is 0 Å². The maximum absolute atomic E-state index is 6.17. The van der Waals surface area contributed by atoms with Crippen molar-refractivity contribution in [3.8, 4) is 11.5 Å². The minimum absolute atomic E-state index is 0.555. The van der Waals surface area contributed by atoms with Crippen molar-refractivity contribution in [2.45, 2.75) is 32.2 Å². The molecule has 0 fully saturated rings. The number of aryl methyl sites for hydroxylation is 2. The van der Waals surface area contributed by atoms with Gasteiger partial charge in [-0.05, 0) is 55.0 Å². The van der Waals surface area contributed by atoms with Crippen LogP contribution < -0.4 is 5.32 Å². The molecule has 0 atom stereocenters. The molecule has 8 heteroatoms. The van der Waals surface area contributed by atoms with Crippen molar-refractivity contribution in [2.75, 3.05) is 5.32 Å². The van der Waals surface area contributed by atoms with Crippen LogP contribution in [0.15, 0.2) is 30.5 Å². The number of anilines is 1. The van der Waals surface area contributed by atoms with E-state index in [0.29, 0.717) is 22.4 Å². The molecule has 4 aromatic rings. The number of rotatable bonds is 4. The highest BCUT2D eigenvalue weighted by Crippen LogP contribution is 2.39. The second-order valence-electron chi connectivity index (χ2n) is 6.85. The number of aromatic amines is 1. The summed E-state index contributed by atoms with van der Waals surface area (Å²) in [4.78, 5) is 12.1. The van der Waals surface area contributed by atoms with Crippen molar-refractivity contribution in [1.82, 2.24) is 20.2 Å². The summed E-state index contributed by atoms with van der Waals surface area (Å²) in [6, 6.07) is 7.56. The van der Waals surface area contributed by atoms with Gasteiger partial charge in [-0.1, -0.05) is 29.3 Å². The summed E-state index contributed by atoms with van der Waals surface area (Å²) in [5, 5.41) is 12.9. The quantitative estimate of drug-likeness (QED) is 0.424. The molecule has 1 aliphatic rings. The van der Waals surface area contributed by atoms with Crippen molar-refractivity contribution in [2.24, 2.45) is 0 Å². The Balaban J connectivity index is 1.58. The Bertz CT molecular complexity index is 1150. The summed E-state index contributed by atoms with van der Waals surface area (Å²) < 4.78 is 0. The highest BCUT2D eigenvalue weighted by Gasteiger charge is 2.22. The molecule has 0 radical (unpaired) electrons. The lowest BCUT2D eigenvalue weighted by Crippen LogP contribution is -2.06. The van der Waals surface area contributed by atoms with Crippen LogP contribution >= 0.6 is 34.5 Å². The molecule has 1 aromatic carbocycles.